The normalized spacial score (nSPS) is 17.9. The zero-order valence-corrected chi connectivity index (χ0v) is 8.47. The molecular weight excluding hydrogens is 200 g/mol. The molecule has 1 aliphatic carbocycles. The summed E-state index contributed by atoms with van der Waals surface area (Å²) in [5.41, 5.74) is 6.45. The van der Waals surface area contributed by atoms with Crippen molar-refractivity contribution >= 4 is 0 Å². The second kappa shape index (κ2) is 3.45. The second-order valence-electron chi connectivity index (χ2n) is 3.92. The van der Waals surface area contributed by atoms with Gasteiger partial charge in [0, 0.05) is 16.7 Å². The van der Waals surface area contributed by atoms with Gasteiger partial charge in [0.25, 0.3) is 6.43 Å². The minimum absolute atomic E-state index is 0.0279. The molecule has 0 bridgehead atoms. The predicted molar refractivity (Wildman–Crippen MR) is 53.1 cm³/mol. The van der Waals surface area contributed by atoms with Crippen LogP contribution in [0.1, 0.15) is 30.4 Å². The molecule has 2 rings (SSSR count). The maximum atomic E-state index is 12.4. The Bertz CT molecular complexity index is 375. The van der Waals surface area contributed by atoms with E-state index in [1.165, 1.54) is 19.2 Å². The van der Waals surface area contributed by atoms with Crippen LogP contribution in [0.3, 0.4) is 0 Å². The zero-order chi connectivity index (χ0) is 11.1. The minimum Gasteiger partial charge on any atom is -0.496 e. The third kappa shape index (κ3) is 1.81. The Morgan fingerprint density at radius 3 is 2.53 bits per heavy atom. The van der Waals surface area contributed by atoms with Gasteiger partial charge in [-0.3, -0.25) is 0 Å². The molecule has 0 aliphatic heterocycles. The lowest BCUT2D eigenvalue weighted by molar-refractivity contribution is 0.151. The number of halogens is 2. The van der Waals surface area contributed by atoms with Crippen LogP contribution in [0.5, 0.6) is 5.75 Å². The van der Waals surface area contributed by atoms with E-state index in [1.54, 1.807) is 6.07 Å². The molecule has 1 aliphatic rings. The average Bonchev–Trinajstić information content (AvgIpc) is 2.96. The van der Waals surface area contributed by atoms with Crippen LogP contribution in [0.4, 0.5) is 8.78 Å². The SMILES string of the molecule is COc1cc(C(F)F)ccc1C1(N)CC1. The van der Waals surface area contributed by atoms with Crippen molar-refractivity contribution in [2.24, 2.45) is 5.73 Å². The van der Waals surface area contributed by atoms with Crippen LogP contribution in [0.15, 0.2) is 18.2 Å². The molecule has 0 saturated heterocycles. The second-order valence-corrected chi connectivity index (χ2v) is 3.92. The fourth-order valence-corrected chi connectivity index (χ4v) is 1.66. The van der Waals surface area contributed by atoms with Gasteiger partial charge in [-0.25, -0.2) is 8.78 Å². The monoisotopic (exact) mass is 213 g/mol. The van der Waals surface area contributed by atoms with Crippen molar-refractivity contribution in [3.63, 3.8) is 0 Å². The Morgan fingerprint density at radius 1 is 1.40 bits per heavy atom. The smallest absolute Gasteiger partial charge is 0.263 e. The summed E-state index contributed by atoms with van der Waals surface area (Å²) >= 11 is 0. The standard InChI is InChI=1S/C11H13F2NO/c1-15-9-6-7(10(12)13)2-3-8(9)11(14)4-5-11/h2-3,6,10H,4-5,14H2,1H3. The van der Waals surface area contributed by atoms with Gasteiger partial charge in [0.1, 0.15) is 5.75 Å². The van der Waals surface area contributed by atoms with Gasteiger partial charge in [0.05, 0.1) is 7.11 Å². The van der Waals surface area contributed by atoms with Crippen LogP contribution in [0, 0.1) is 0 Å². The molecule has 1 aromatic rings. The fraction of sp³-hybridized carbons (Fsp3) is 0.455. The number of hydrogen-bond donors (Lipinski definition) is 1. The van der Waals surface area contributed by atoms with Crippen molar-refractivity contribution in [1.82, 2.24) is 0 Å². The Hall–Kier alpha value is -1.16. The van der Waals surface area contributed by atoms with Crippen molar-refractivity contribution in [2.75, 3.05) is 7.11 Å². The van der Waals surface area contributed by atoms with Gasteiger partial charge >= 0.3 is 0 Å². The summed E-state index contributed by atoms with van der Waals surface area (Å²) in [5.74, 6) is 0.466. The van der Waals surface area contributed by atoms with Gasteiger partial charge in [-0.15, -0.1) is 0 Å². The van der Waals surface area contributed by atoms with E-state index in [9.17, 15) is 8.78 Å². The Balaban J connectivity index is 2.40. The molecule has 0 unspecified atom stereocenters. The molecule has 0 heterocycles. The van der Waals surface area contributed by atoms with Gasteiger partial charge in [-0.1, -0.05) is 12.1 Å². The first-order valence-electron chi connectivity index (χ1n) is 4.82. The average molecular weight is 213 g/mol. The first-order chi connectivity index (χ1) is 7.07. The lowest BCUT2D eigenvalue weighted by atomic mass is 10.0. The van der Waals surface area contributed by atoms with Crippen LogP contribution in [-0.2, 0) is 5.54 Å². The van der Waals surface area contributed by atoms with Crippen LogP contribution < -0.4 is 10.5 Å². The number of rotatable bonds is 3. The van der Waals surface area contributed by atoms with E-state index in [0.717, 1.165) is 18.4 Å². The maximum Gasteiger partial charge on any atom is 0.263 e. The molecule has 2 nitrogen and oxygen atoms in total. The van der Waals surface area contributed by atoms with E-state index in [2.05, 4.69) is 0 Å². The number of benzene rings is 1. The Labute approximate surface area is 87.0 Å². The topological polar surface area (TPSA) is 35.2 Å². The number of hydrogen-bond acceptors (Lipinski definition) is 2. The summed E-state index contributed by atoms with van der Waals surface area (Å²) in [5, 5.41) is 0. The van der Waals surface area contributed by atoms with E-state index in [0.29, 0.717) is 5.75 Å². The van der Waals surface area contributed by atoms with E-state index in [4.69, 9.17) is 10.5 Å². The highest BCUT2D eigenvalue weighted by Gasteiger charge is 2.42. The van der Waals surface area contributed by atoms with Crippen LogP contribution in [0.2, 0.25) is 0 Å². The lowest BCUT2D eigenvalue weighted by Crippen LogP contribution is -2.19. The first kappa shape index (κ1) is 10.4. The molecule has 2 N–H and O–H groups in total. The van der Waals surface area contributed by atoms with Gasteiger partial charge in [-0.2, -0.15) is 0 Å². The number of methoxy groups -OCH3 is 1. The summed E-state index contributed by atoms with van der Waals surface area (Å²) in [6, 6.07) is 4.43. The van der Waals surface area contributed by atoms with Crippen LogP contribution in [-0.4, -0.2) is 7.11 Å². The zero-order valence-electron chi connectivity index (χ0n) is 8.47. The van der Waals surface area contributed by atoms with Crippen LogP contribution in [0.25, 0.3) is 0 Å². The van der Waals surface area contributed by atoms with Crippen LogP contribution >= 0.6 is 0 Å². The van der Waals surface area contributed by atoms with Gasteiger partial charge in [0.2, 0.25) is 0 Å². The molecule has 1 saturated carbocycles. The summed E-state index contributed by atoms with van der Waals surface area (Å²) in [6.45, 7) is 0. The molecule has 82 valence electrons. The molecule has 0 atom stereocenters. The largest absolute Gasteiger partial charge is 0.496 e. The van der Waals surface area contributed by atoms with Crippen molar-refractivity contribution < 1.29 is 13.5 Å². The quantitative estimate of drug-likeness (QED) is 0.837. The van der Waals surface area contributed by atoms with Crippen molar-refractivity contribution in [3.05, 3.63) is 29.3 Å². The third-order valence-corrected chi connectivity index (χ3v) is 2.80. The van der Waals surface area contributed by atoms with E-state index in [-0.39, 0.29) is 11.1 Å². The molecule has 4 heteroatoms. The van der Waals surface area contributed by atoms with Crippen molar-refractivity contribution in [2.45, 2.75) is 24.8 Å². The molecule has 1 aromatic carbocycles. The van der Waals surface area contributed by atoms with Crippen molar-refractivity contribution in [1.29, 1.82) is 0 Å². The maximum absolute atomic E-state index is 12.4. The highest BCUT2D eigenvalue weighted by molar-refractivity contribution is 5.45. The summed E-state index contributed by atoms with van der Waals surface area (Å²) < 4.78 is 30.0. The number of nitrogens with two attached hydrogens (primary N) is 1. The molecule has 15 heavy (non-hydrogen) atoms. The Morgan fingerprint density at radius 2 is 2.07 bits per heavy atom. The van der Waals surface area contributed by atoms with Gasteiger partial charge in [-0.05, 0) is 18.9 Å². The first-order valence-corrected chi connectivity index (χ1v) is 4.82. The minimum atomic E-state index is -2.47. The molecular formula is C11H13F2NO. The highest BCUT2D eigenvalue weighted by Crippen LogP contribution is 2.47. The summed E-state index contributed by atoms with van der Waals surface area (Å²) in [4.78, 5) is 0. The Kier molecular flexibility index (Phi) is 2.38. The summed E-state index contributed by atoms with van der Waals surface area (Å²) in [7, 11) is 1.47. The predicted octanol–water partition coefficient (Wildman–Crippen LogP) is 2.58. The molecule has 0 aromatic heterocycles. The molecule has 0 spiro atoms. The van der Waals surface area contributed by atoms with Gasteiger partial charge in [0.15, 0.2) is 0 Å². The van der Waals surface area contributed by atoms with Gasteiger partial charge < -0.3 is 10.5 Å². The van der Waals surface area contributed by atoms with Crippen molar-refractivity contribution in [3.8, 4) is 5.75 Å². The molecule has 0 radical (unpaired) electrons. The highest BCUT2D eigenvalue weighted by atomic mass is 19.3. The third-order valence-electron chi connectivity index (χ3n) is 2.80. The molecule has 1 fully saturated rings. The fourth-order valence-electron chi connectivity index (χ4n) is 1.66. The van der Waals surface area contributed by atoms with E-state index in [1.807, 2.05) is 0 Å². The summed E-state index contributed by atoms with van der Waals surface area (Å²) in [6.07, 6.45) is -0.699. The molecule has 0 amide bonds. The number of alkyl halides is 2. The van der Waals surface area contributed by atoms with E-state index >= 15 is 0 Å². The van der Waals surface area contributed by atoms with E-state index < -0.39 is 6.43 Å². The number of ether oxygens (including phenoxy) is 1. The lowest BCUT2D eigenvalue weighted by Gasteiger charge is -2.15.